The standard InChI is InChI=1S/C7H10BrF3O/c8-6(7(9,10)11)5-2-1-3-12-4-5/h5-6H,1-4H2. The van der Waals surface area contributed by atoms with Crippen LogP contribution in [0, 0.1) is 5.92 Å². The second-order valence-electron chi connectivity index (χ2n) is 2.92. The lowest BCUT2D eigenvalue weighted by Gasteiger charge is -2.27. The summed E-state index contributed by atoms with van der Waals surface area (Å²) in [4.78, 5) is -1.41. The molecule has 0 N–H and O–H groups in total. The van der Waals surface area contributed by atoms with Crippen molar-refractivity contribution in [3.05, 3.63) is 0 Å². The molecule has 0 radical (unpaired) electrons. The van der Waals surface area contributed by atoms with Crippen molar-refractivity contribution in [3.63, 3.8) is 0 Å². The smallest absolute Gasteiger partial charge is 0.381 e. The minimum atomic E-state index is -4.15. The predicted octanol–water partition coefficient (Wildman–Crippen LogP) is 2.74. The molecule has 1 saturated heterocycles. The molecule has 0 aromatic heterocycles. The number of halogens is 4. The van der Waals surface area contributed by atoms with Gasteiger partial charge in [-0.15, -0.1) is 0 Å². The molecule has 0 saturated carbocycles. The zero-order valence-electron chi connectivity index (χ0n) is 6.40. The van der Waals surface area contributed by atoms with E-state index in [4.69, 9.17) is 4.74 Å². The van der Waals surface area contributed by atoms with Crippen LogP contribution in [-0.4, -0.2) is 24.2 Å². The highest BCUT2D eigenvalue weighted by Gasteiger charge is 2.43. The Labute approximate surface area is 77.4 Å². The van der Waals surface area contributed by atoms with Gasteiger partial charge in [-0.25, -0.2) is 0 Å². The predicted molar refractivity (Wildman–Crippen MR) is 42.3 cm³/mol. The summed E-state index contributed by atoms with van der Waals surface area (Å²) in [5.41, 5.74) is 0. The highest BCUT2D eigenvalue weighted by molar-refractivity contribution is 9.09. The lowest BCUT2D eigenvalue weighted by molar-refractivity contribution is -0.144. The van der Waals surface area contributed by atoms with Crippen LogP contribution in [0.5, 0.6) is 0 Å². The van der Waals surface area contributed by atoms with E-state index in [0.717, 1.165) is 6.42 Å². The number of rotatable bonds is 1. The number of hydrogen-bond acceptors (Lipinski definition) is 1. The normalized spacial score (nSPS) is 28.5. The first-order valence-corrected chi connectivity index (χ1v) is 4.72. The molecule has 0 spiro atoms. The van der Waals surface area contributed by atoms with Crippen LogP contribution >= 0.6 is 15.9 Å². The third-order valence-corrected chi connectivity index (χ3v) is 3.19. The van der Waals surface area contributed by atoms with Crippen LogP contribution in [0.15, 0.2) is 0 Å². The lowest BCUT2D eigenvalue weighted by atomic mass is 9.98. The van der Waals surface area contributed by atoms with Gasteiger partial charge < -0.3 is 4.74 Å². The van der Waals surface area contributed by atoms with Gasteiger partial charge in [0.05, 0.1) is 6.61 Å². The highest BCUT2D eigenvalue weighted by Crippen LogP contribution is 2.35. The van der Waals surface area contributed by atoms with Crippen molar-refractivity contribution >= 4 is 15.9 Å². The molecule has 1 rings (SSSR count). The number of hydrogen-bond donors (Lipinski definition) is 0. The summed E-state index contributed by atoms with van der Waals surface area (Å²) in [7, 11) is 0. The van der Waals surface area contributed by atoms with E-state index in [9.17, 15) is 13.2 Å². The highest BCUT2D eigenvalue weighted by atomic mass is 79.9. The van der Waals surface area contributed by atoms with Crippen LogP contribution in [-0.2, 0) is 4.74 Å². The molecule has 2 atom stereocenters. The minimum absolute atomic E-state index is 0.218. The first-order chi connectivity index (χ1) is 5.52. The fourth-order valence-corrected chi connectivity index (χ4v) is 1.68. The van der Waals surface area contributed by atoms with Crippen molar-refractivity contribution < 1.29 is 17.9 Å². The maximum Gasteiger partial charge on any atom is 0.401 e. The Morgan fingerprint density at radius 2 is 2.08 bits per heavy atom. The van der Waals surface area contributed by atoms with Gasteiger partial charge in [0, 0.05) is 12.5 Å². The molecule has 1 heterocycles. The van der Waals surface area contributed by atoms with Gasteiger partial charge in [-0.05, 0) is 12.8 Å². The molecule has 0 amide bonds. The summed E-state index contributed by atoms with van der Waals surface area (Å²) in [6, 6.07) is 0. The van der Waals surface area contributed by atoms with E-state index in [-0.39, 0.29) is 6.61 Å². The molecule has 5 heteroatoms. The molecule has 1 fully saturated rings. The fraction of sp³-hybridized carbons (Fsp3) is 1.00. The van der Waals surface area contributed by atoms with Crippen molar-refractivity contribution in [2.45, 2.75) is 23.8 Å². The third kappa shape index (κ3) is 2.62. The third-order valence-electron chi connectivity index (χ3n) is 1.92. The summed E-state index contributed by atoms with van der Waals surface area (Å²) in [6.45, 7) is 0.809. The van der Waals surface area contributed by atoms with Crippen molar-refractivity contribution in [2.75, 3.05) is 13.2 Å². The molecule has 72 valence electrons. The van der Waals surface area contributed by atoms with Crippen LogP contribution < -0.4 is 0 Å². The second kappa shape index (κ2) is 3.96. The summed E-state index contributed by atoms with van der Waals surface area (Å²) < 4.78 is 41.4. The quantitative estimate of drug-likeness (QED) is 0.647. The Bertz CT molecular complexity index is 142. The van der Waals surface area contributed by atoms with E-state index in [1.165, 1.54) is 0 Å². The topological polar surface area (TPSA) is 9.23 Å². The maximum absolute atomic E-state index is 12.1. The van der Waals surface area contributed by atoms with Gasteiger partial charge >= 0.3 is 6.18 Å². The SMILES string of the molecule is FC(F)(F)C(Br)C1CCCOC1. The zero-order valence-corrected chi connectivity index (χ0v) is 7.99. The van der Waals surface area contributed by atoms with Gasteiger partial charge in [0.25, 0.3) is 0 Å². The Morgan fingerprint density at radius 3 is 2.50 bits per heavy atom. The number of ether oxygens (including phenoxy) is 1. The van der Waals surface area contributed by atoms with Gasteiger partial charge in [0.15, 0.2) is 0 Å². The average molecular weight is 247 g/mol. The maximum atomic E-state index is 12.1. The van der Waals surface area contributed by atoms with E-state index in [2.05, 4.69) is 15.9 Å². The van der Waals surface area contributed by atoms with Gasteiger partial charge in [0.1, 0.15) is 4.83 Å². The molecule has 0 aliphatic carbocycles. The van der Waals surface area contributed by atoms with Gasteiger partial charge in [-0.2, -0.15) is 13.2 Å². The molecule has 1 aliphatic rings. The lowest BCUT2D eigenvalue weighted by Crippen LogP contribution is -2.35. The molecule has 0 aromatic rings. The molecule has 2 unspecified atom stereocenters. The molecule has 0 aromatic carbocycles. The zero-order chi connectivity index (χ0) is 9.19. The molecular formula is C7H10BrF3O. The van der Waals surface area contributed by atoms with E-state index in [0.29, 0.717) is 13.0 Å². The summed E-state index contributed by atoms with van der Waals surface area (Å²) in [5, 5.41) is 0. The van der Waals surface area contributed by atoms with E-state index < -0.39 is 16.9 Å². The average Bonchev–Trinajstić information content (AvgIpc) is 2.03. The molecule has 0 bridgehead atoms. The summed E-state index contributed by atoms with van der Waals surface area (Å²) in [6.07, 6.45) is -2.83. The second-order valence-corrected chi connectivity index (χ2v) is 3.91. The first-order valence-electron chi connectivity index (χ1n) is 3.80. The molecule has 1 aliphatic heterocycles. The van der Waals surface area contributed by atoms with E-state index in [1.807, 2.05) is 0 Å². The molecule has 1 nitrogen and oxygen atoms in total. The van der Waals surface area contributed by atoms with Crippen molar-refractivity contribution in [1.29, 1.82) is 0 Å². The van der Waals surface area contributed by atoms with E-state index >= 15 is 0 Å². The largest absolute Gasteiger partial charge is 0.401 e. The van der Waals surface area contributed by atoms with Gasteiger partial charge in [-0.1, -0.05) is 15.9 Å². The van der Waals surface area contributed by atoms with Crippen LogP contribution in [0.2, 0.25) is 0 Å². The van der Waals surface area contributed by atoms with Crippen molar-refractivity contribution in [2.24, 2.45) is 5.92 Å². The monoisotopic (exact) mass is 246 g/mol. The van der Waals surface area contributed by atoms with Crippen LogP contribution in [0.4, 0.5) is 13.2 Å². The Balaban J connectivity index is 2.45. The van der Waals surface area contributed by atoms with Crippen LogP contribution in [0.1, 0.15) is 12.8 Å². The van der Waals surface area contributed by atoms with Crippen LogP contribution in [0.25, 0.3) is 0 Å². The summed E-state index contributed by atoms with van der Waals surface area (Å²) in [5.74, 6) is -0.418. The number of alkyl halides is 4. The summed E-state index contributed by atoms with van der Waals surface area (Å²) >= 11 is 2.65. The van der Waals surface area contributed by atoms with Crippen molar-refractivity contribution in [3.8, 4) is 0 Å². The fourth-order valence-electron chi connectivity index (χ4n) is 1.26. The van der Waals surface area contributed by atoms with Crippen LogP contribution in [0.3, 0.4) is 0 Å². The first kappa shape index (κ1) is 10.3. The van der Waals surface area contributed by atoms with Crippen molar-refractivity contribution in [1.82, 2.24) is 0 Å². The Hall–Kier alpha value is 0.230. The Kier molecular flexibility index (Phi) is 3.40. The minimum Gasteiger partial charge on any atom is -0.381 e. The van der Waals surface area contributed by atoms with Gasteiger partial charge in [0.2, 0.25) is 0 Å². The van der Waals surface area contributed by atoms with E-state index in [1.54, 1.807) is 0 Å². The van der Waals surface area contributed by atoms with Gasteiger partial charge in [-0.3, -0.25) is 0 Å². The molecular weight excluding hydrogens is 237 g/mol. The molecule has 12 heavy (non-hydrogen) atoms. The Morgan fingerprint density at radius 1 is 1.42 bits per heavy atom.